The van der Waals surface area contributed by atoms with E-state index >= 15 is 0 Å². The van der Waals surface area contributed by atoms with Crippen LogP contribution in [0.5, 0.6) is 0 Å². The molecule has 1 aliphatic rings. The van der Waals surface area contributed by atoms with Crippen LogP contribution >= 0.6 is 11.6 Å². The number of halogens is 1. The van der Waals surface area contributed by atoms with Crippen LogP contribution in [0.3, 0.4) is 0 Å². The maximum absolute atomic E-state index is 6.18. The van der Waals surface area contributed by atoms with Gasteiger partial charge >= 0.3 is 0 Å². The number of aromatic nitrogens is 2. The molecule has 0 spiro atoms. The molecule has 0 bridgehead atoms. The van der Waals surface area contributed by atoms with Gasteiger partial charge in [0.25, 0.3) is 0 Å². The molecule has 0 saturated heterocycles. The Morgan fingerprint density at radius 3 is 2.95 bits per heavy atom. The van der Waals surface area contributed by atoms with Crippen LogP contribution in [-0.2, 0) is 19.3 Å². The molecular formula is C17H22ClN3. The van der Waals surface area contributed by atoms with E-state index in [-0.39, 0.29) is 6.04 Å². The van der Waals surface area contributed by atoms with Crippen LogP contribution in [0, 0.1) is 0 Å². The Hall–Kier alpha value is -1.32. The zero-order valence-corrected chi connectivity index (χ0v) is 13.2. The average Bonchev–Trinajstić information content (AvgIpc) is 2.91. The molecule has 0 aliphatic heterocycles. The fourth-order valence-electron chi connectivity index (χ4n) is 3.06. The molecule has 1 atom stereocenters. The maximum atomic E-state index is 6.18. The number of aryl methyl sites for hydroxylation is 1. The standard InChI is InChI=1S/C17H22ClN3/c1-2-14(19)10-12-9-13(18)7-8-16(12)21-11-20-15-5-3-4-6-17(15)21/h7-9,11,14H,2-6,10,19H2,1H3. The van der Waals surface area contributed by atoms with E-state index in [4.69, 9.17) is 17.3 Å². The zero-order chi connectivity index (χ0) is 14.8. The van der Waals surface area contributed by atoms with E-state index in [1.165, 1.54) is 35.5 Å². The molecule has 112 valence electrons. The first-order valence-corrected chi connectivity index (χ1v) is 8.16. The lowest BCUT2D eigenvalue weighted by atomic mass is 9.99. The Bertz CT molecular complexity index is 633. The Kier molecular flexibility index (Phi) is 4.32. The van der Waals surface area contributed by atoms with Gasteiger partial charge in [-0.3, -0.25) is 0 Å². The van der Waals surface area contributed by atoms with Gasteiger partial charge in [0, 0.05) is 16.8 Å². The van der Waals surface area contributed by atoms with E-state index in [0.717, 1.165) is 30.7 Å². The number of hydrogen-bond donors (Lipinski definition) is 1. The van der Waals surface area contributed by atoms with Crippen molar-refractivity contribution >= 4 is 11.6 Å². The zero-order valence-electron chi connectivity index (χ0n) is 12.5. The number of imidazole rings is 1. The molecule has 1 unspecified atom stereocenters. The van der Waals surface area contributed by atoms with Gasteiger partial charge in [0.15, 0.2) is 0 Å². The summed E-state index contributed by atoms with van der Waals surface area (Å²) >= 11 is 6.18. The molecular weight excluding hydrogens is 282 g/mol. The second-order valence-electron chi connectivity index (χ2n) is 5.86. The van der Waals surface area contributed by atoms with Gasteiger partial charge in [-0.2, -0.15) is 0 Å². The monoisotopic (exact) mass is 303 g/mol. The first-order valence-electron chi connectivity index (χ1n) is 7.78. The van der Waals surface area contributed by atoms with Gasteiger partial charge in [0.2, 0.25) is 0 Å². The fraction of sp³-hybridized carbons (Fsp3) is 0.471. The minimum absolute atomic E-state index is 0.168. The second-order valence-corrected chi connectivity index (χ2v) is 6.30. The van der Waals surface area contributed by atoms with E-state index in [2.05, 4.69) is 22.5 Å². The van der Waals surface area contributed by atoms with E-state index in [0.29, 0.717) is 0 Å². The van der Waals surface area contributed by atoms with Crippen LogP contribution < -0.4 is 5.73 Å². The molecule has 2 N–H and O–H groups in total. The van der Waals surface area contributed by atoms with Crippen molar-refractivity contribution < 1.29 is 0 Å². The number of nitrogens with zero attached hydrogens (tertiary/aromatic N) is 2. The summed E-state index contributed by atoms with van der Waals surface area (Å²) in [5.41, 5.74) is 11.1. The van der Waals surface area contributed by atoms with Crippen LogP contribution in [0.25, 0.3) is 5.69 Å². The van der Waals surface area contributed by atoms with Crippen molar-refractivity contribution in [2.75, 3.05) is 0 Å². The highest BCUT2D eigenvalue weighted by Gasteiger charge is 2.18. The van der Waals surface area contributed by atoms with Crippen molar-refractivity contribution in [2.45, 2.75) is 51.5 Å². The molecule has 1 aliphatic carbocycles. The maximum Gasteiger partial charge on any atom is 0.0997 e. The van der Waals surface area contributed by atoms with Gasteiger partial charge in [0.05, 0.1) is 17.7 Å². The van der Waals surface area contributed by atoms with Crippen LogP contribution in [0.15, 0.2) is 24.5 Å². The number of nitrogens with two attached hydrogens (primary N) is 1. The molecule has 3 rings (SSSR count). The summed E-state index contributed by atoms with van der Waals surface area (Å²) in [6, 6.07) is 6.26. The van der Waals surface area contributed by atoms with Crippen molar-refractivity contribution in [3.8, 4) is 5.69 Å². The van der Waals surface area contributed by atoms with Crippen molar-refractivity contribution in [3.05, 3.63) is 46.5 Å². The number of hydrogen-bond acceptors (Lipinski definition) is 2. The molecule has 1 heterocycles. The van der Waals surface area contributed by atoms with Gasteiger partial charge in [-0.25, -0.2) is 4.98 Å². The molecule has 2 aromatic rings. The summed E-state index contributed by atoms with van der Waals surface area (Å²) in [6.45, 7) is 2.12. The highest BCUT2D eigenvalue weighted by atomic mass is 35.5. The minimum atomic E-state index is 0.168. The first kappa shape index (κ1) is 14.6. The van der Waals surface area contributed by atoms with Crippen molar-refractivity contribution in [1.82, 2.24) is 9.55 Å². The van der Waals surface area contributed by atoms with E-state index in [1.54, 1.807) is 0 Å². The molecule has 3 nitrogen and oxygen atoms in total. The molecule has 0 fully saturated rings. The Morgan fingerprint density at radius 1 is 1.33 bits per heavy atom. The molecule has 1 aromatic heterocycles. The van der Waals surface area contributed by atoms with E-state index < -0.39 is 0 Å². The second kappa shape index (κ2) is 6.20. The third-order valence-electron chi connectivity index (χ3n) is 4.34. The van der Waals surface area contributed by atoms with Gasteiger partial charge in [0.1, 0.15) is 0 Å². The summed E-state index contributed by atoms with van der Waals surface area (Å²) in [4.78, 5) is 4.59. The Morgan fingerprint density at radius 2 is 2.14 bits per heavy atom. The van der Waals surface area contributed by atoms with Crippen LogP contribution in [0.2, 0.25) is 5.02 Å². The predicted octanol–water partition coefficient (Wildman–Crippen LogP) is 3.68. The average molecular weight is 304 g/mol. The molecule has 1 aromatic carbocycles. The Balaban J connectivity index is 2.03. The van der Waals surface area contributed by atoms with Gasteiger partial charge < -0.3 is 10.3 Å². The molecule has 21 heavy (non-hydrogen) atoms. The van der Waals surface area contributed by atoms with Crippen molar-refractivity contribution in [2.24, 2.45) is 5.73 Å². The van der Waals surface area contributed by atoms with Gasteiger partial charge in [-0.1, -0.05) is 18.5 Å². The highest BCUT2D eigenvalue weighted by Crippen LogP contribution is 2.27. The molecule has 0 amide bonds. The fourth-order valence-corrected chi connectivity index (χ4v) is 3.25. The molecule has 0 saturated carbocycles. The van der Waals surface area contributed by atoms with Crippen molar-refractivity contribution in [1.29, 1.82) is 0 Å². The van der Waals surface area contributed by atoms with Crippen molar-refractivity contribution in [3.63, 3.8) is 0 Å². The number of benzene rings is 1. The summed E-state index contributed by atoms with van der Waals surface area (Å²) in [5, 5.41) is 0.769. The lowest BCUT2D eigenvalue weighted by Gasteiger charge is -2.18. The topological polar surface area (TPSA) is 43.8 Å². The normalized spacial score (nSPS) is 15.8. The van der Waals surface area contributed by atoms with Crippen LogP contribution in [-0.4, -0.2) is 15.6 Å². The van der Waals surface area contributed by atoms with E-state index in [1.807, 2.05) is 18.5 Å². The van der Waals surface area contributed by atoms with Gasteiger partial charge in [-0.05, 0) is 62.3 Å². The largest absolute Gasteiger partial charge is 0.327 e. The first-order chi connectivity index (χ1) is 10.2. The lowest BCUT2D eigenvalue weighted by Crippen LogP contribution is -2.22. The summed E-state index contributed by atoms with van der Waals surface area (Å²) < 4.78 is 2.24. The summed E-state index contributed by atoms with van der Waals surface area (Å²) in [5.74, 6) is 0. The number of rotatable bonds is 4. The smallest absolute Gasteiger partial charge is 0.0997 e. The molecule has 4 heteroatoms. The quantitative estimate of drug-likeness (QED) is 0.936. The third-order valence-corrected chi connectivity index (χ3v) is 4.57. The SMILES string of the molecule is CCC(N)Cc1cc(Cl)ccc1-n1cnc2c1CCCC2. The third kappa shape index (κ3) is 2.99. The Labute approximate surface area is 131 Å². The summed E-state index contributed by atoms with van der Waals surface area (Å²) in [6.07, 6.45) is 8.47. The van der Waals surface area contributed by atoms with Crippen LogP contribution in [0.1, 0.15) is 43.1 Å². The molecule has 0 radical (unpaired) electrons. The van der Waals surface area contributed by atoms with Crippen LogP contribution in [0.4, 0.5) is 0 Å². The van der Waals surface area contributed by atoms with Gasteiger partial charge in [-0.15, -0.1) is 0 Å². The predicted molar refractivity (Wildman–Crippen MR) is 87.2 cm³/mol. The highest BCUT2D eigenvalue weighted by molar-refractivity contribution is 6.30. The lowest BCUT2D eigenvalue weighted by molar-refractivity contribution is 0.638. The summed E-state index contributed by atoms with van der Waals surface area (Å²) in [7, 11) is 0. The minimum Gasteiger partial charge on any atom is -0.327 e. The van der Waals surface area contributed by atoms with E-state index in [9.17, 15) is 0 Å². The number of fused-ring (bicyclic) bond motifs is 1.